The van der Waals surface area contributed by atoms with Crippen LogP contribution < -0.4 is 28.7 Å². The van der Waals surface area contributed by atoms with Gasteiger partial charge in [-0.05, 0) is 25.0 Å². The lowest BCUT2D eigenvalue weighted by Crippen LogP contribution is -3.00. The van der Waals surface area contributed by atoms with Crippen LogP contribution >= 0.6 is 7.26 Å². The van der Waals surface area contributed by atoms with Crippen molar-refractivity contribution in [3.63, 3.8) is 0 Å². The highest BCUT2D eigenvalue weighted by Crippen LogP contribution is 2.47. The highest BCUT2D eigenvalue weighted by molar-refractivity contribution is 7.89. The van der Waals surface area contributed by atoms with Gasteiger partial charge in [-0.25, -0.2) is 13.1 Å². The predicted molar refractivity (Wildman–Crippen MR) is 105 cm³/mol. The van der Waals surface area contributed by atoms with E-state index in [2.05, 4.69) is 24.7 Å². The van der Waals surface area contributed by atoms with Crippen molar-refractivity contribution in [2.24, 2.45) is 5.92 Å². The summed E-state index contributed by atoms with van der Waals surface area (Å²) in [5, 5.41) is 0. The summed E-state index contributed by atoms with van der Waals surface area (Å²) in [5.41, 5.74) is 0.994. The zero-order valence-electron chi connectivity index (χ0n) is 16.5. The number of rotatable bonds is 9. The molecule has 1 rings (SSSR count). The molecule has 0 aliphatic heterocycles. The van der Waals surface area contributed by atoms with E-state index in [0.717, 1.165) is 5.56 Å². The lowest BCUT2D eigenvalue weighted by Gasteiger charge is -2.22. The van der Waals surface area contributed by atoms with Gasteiger partial charge in [0, 0.05) is 27.3 Å². The molecule has 0 bridgehead atoms. The van der Waals surface area contributed by atoms with Crippen molar-refractivity contribution < 1.29 is 41.9 Å². The quantitative estimate of drug-likeness (QED) is 0.289. The van der Waals surface area contributed by atoms with Crippen molar-refractivity contribution in [1.82, 2.24) is 4.72 Å². The van der Waals surface area contributed by atoms with Crippen LogP contribution in [-0.4, -0.2) is 53.2 Å². The Bertz CT molecular complexity index is 669. The fourth-order valence-electron chi connectivity index (χ4n) is 2.33. The monoisotopic (exact) mass is 515 g/mol. The predicted octanol–water partition coefficient (Wildman–Crippen LogP) is 0.142. The van der Waals surface area contributed by atoms with Gasteiger partial charge in [0.05, 0.1) is 30.1 Å². The number of esters is 1. The van der Waals surface area contributed by atoms with E-state index in [1.165, 1.54) is 0 Å². The second-order valence-corrected chi connectivity index (χ2v) is 14.5. The number of aryl methyl sites for hydroxylation is 1. The minimum Gasteiger partial charge on any atom is -1.00 e. The lowest BCUT2D eigenvalue weighted by molar-refractivity contribution is -0.145. The molecule has 0 amide bonds. The van der Waals surface area contributed by atoms with Crippen LogP contribution in [0.2, 0.25) is 0 Å². The third-order valence-corrected chi connectivity index (χ3v) is 6.48. The minimum atomic E-state index is -3.67. The fraction of sp³-hybridized carbons (Fsp3) is 0.611. The van der Waals surface area contributed by atoms with E-state index in [-0.39, 0.29) is 47.2 Å². The minimum absolute atomic E-state index is 0. The zero-order valence-corrected chi connectivity index (χ0v) is 20.3. The van der Waals surface area contributed by atoms with Gasteiger partial charge in [-0.15, -0.1) is 0 Å². The maximum absolute atomic E-state index is 12.6. The number of carbonyl (C=O) groups excluding carboxylic acids is 1. The molecule has 0 saturated carbocycles. The van der Waals surface area contributed by atoms with Crippen molar-refractivity contribution in [3.8, 4) is 0 Å². The number of halogens is 1. The maximum atomic E-state index is 12.6. The van der Waals surface area contributed by atoms with Gasteiger partial charge in [-0.1, -0.05) is 31.5 Å². The third-order valence-electron chi connectivity index (χ3n) is 3.41. The van der Waals surface area contributed by atoms with E-state index < -0.39 is 23.3 Å². The third kappa shape index (κ3) is 10.2. The zero-order chi connectivity index (χ0) is 19.3. The van der Waals surface area contributed by atoms with E-state index in [1.54, 1.807) is 24.3 Å². The lowest BCUT2D eigenvalue weighted by atomic mass is 10.2. The molecule has 5 nitrogen and oxygen atoms in total. The first kappa shape index (κ1) is 25.8. The van der Waals surface area contributed by atoms with Gasteiger partial charge in [0.1, 0.15) is 0 Å². The topological polar surface area (TPSA) is 72.5 Å². The summed E-state index contributed by atoms with van der Waals surface area (Å²) in [5.74, 6) is -0.111. The first-order valence-electron chi connectivity index (χ1n) is 8.44. The van der Waals surface area contributed by atoms with Crippen molar-refractivity contribution in [2.45, 2.75) is 38.1 Å². The van der Waals surface area contributed by atoms with E-state index >= 15 is 0 Å². The van der Waals surface area contributed by atoms with E-state index in [1.807, 2.05) is 20.8 Å². The summed E-state index contributed by atoms with van der Waals surface area (Å²) in [6.45, 7) is 12.6. The molecular formula is C18H31INO4PS. The van der Waals surface area contributed by atoms with Crippen LogP contribution in [0.15, 0.2) is 29.2 Å². The van der Waals surface area contributed by atoms with Gasteiger partial charge in [0.25, 0.3) is 0 Å². The van der Waals surface area contributed by atoms with E-state index in [4.69, 9.17) is 4.74 Å². The Balaban J connectivity index is 0.00000625. The van der Waals surface area contributed by atoms with Gasteiger partial charge in [0.2, 0.25) is 10.0 Å². The molecule has 1 aromatic rings. The van der Waals surface area contributed by atoms with Crippen LogP contribution in [-0.2, 0) is 19.6 Å². The second kappa shape index (κ2) is 10.9. The number of sulfonamides is 1. The molecule has 0 heterocycles. The number of carbonyl (C=O) groups is 1. The van der Waals surface area contributed by atoms with Crippen LogP contribution in [0.1, 0.15) is 25.8 Å². The Morgan fingerprint density at radius 3 is 2.15 bits per heavy atom. The van der Waals surface area contributed by atoms with Crippen LogP contribution in [0.3, 0.4) is 0 Å². The number of hydrogen-bond donors (Lipinski definition) is 1. The molecule has 1 atom stereocenters. The Labute approximate surface area is 176 Å². The smallest absolute Gasteiger partial charge is 0.307 e. The standard InChI is InChI=1S/C18H31NO4PS.HI/c1-14(2)12-23-18(20)11-16(13-24(4,5)6)19-25(21,22)17-9-7-15(3)8-10-17;/h7-10,14,16,19H,11-13H2,1-6H3;1H/q+1;/p-1/t16-;/m1./s1. The first-order valence-corrected chi connectivity index (χ1v) is 13.2. The summed E-state index contributed by atoms with van der Waals surface area (Å²) < 4.78 is 33.2. The molecule has 26 heavy (non-hydrogen) atoms. The molecule has 1 N–H and O–H groups in total. The van der Waals surface area contributed by atoms with Crippen molar-refractivity contribution in [3.05, 3.63) is 29.8 Å². The average molecular weight is 515 g/mol. The van der Waals surface area contributed by atoms with Crippen molar-refractivity contribution >= 4 is 23.3 Å². The summed E-state index contributed by atoms with van der Waals surface area (Å²) >= 11 is 0. The second-order valence-electron chi connectivity index (χ2n) is 7.89. The van der Waals surface area contributed by atoms with Crippen molar-refractivity contribution in [1.29, 1.82) is 0 Å². The van der Waals surface area contributed by atoms with E-state index in [0.29, 0.717) is 12.8 Å². The average Bonchev–Trinajstić information content (AvgIpc) is 2.43. The number of hydrogen-bond acceptors (Lipinski definition) is 4. The molecule has 0 fully saturated rings. The summed E-state index contributed by atoms with van der Waals surface area (Å²) in [6, 6.07) is 6.23. The van der Waals surface area contributed by atoms with Gasteiger partial charge >= 0.3 is 5.97 Å². The molecular weight excluding hydrogens is 484 g/mol. The molecule has 150 valence electrons. The van der Waals surface area contributed by atoms with Gasteiger partial charge in [0.15, 0.2) is 0 Å². The van der Waals surface area contributed by atoms with Crippen molar-refractivity contribution in [2.75, 3.05) is 32.8 Å². The van der Waals surface area contributed by atoms with E-state index in [9.17, 15) is 13.2 Å². The molecule has 0 spiro atoms. The Hall–Kier alpha value is -0.240. The molecule has 8 heteroatoms. The Kier molecular flexibility index (Phi) is 10.8. The SMILES string of the molecule is Cc1ccc(S(=O)(=O)N[C@H](CC(=O)OCC(C)C)C[P+](C)(C)C)cc1.[I-]. The molecule has 0 aromatic heterocycles. The largest absolute Gasteiger partial charge is 1.00 e. The maximum Gasteiger partial charge on any atom is 0.307 e. The van der Waals surface area contributed by atoms with Crippen LogP contribution in [0.25, 0.3) is 0 Å². The van der Waals surface area contributed by atoms with Gasteiger partial charge in [-0.3, -0.25) is 4.79 Å². The van der Waals surface area contributed by atoms with Gasteiger partial charge in [-0.2, -0.15) is 0 Å². The summed E-state index contributed by atoms with van der Waals surface area (Å²) in [4.78, 5) is 12.3. The number of ether oxygens (including phenoxy) is 1. The summed E-state index contributed by atoms with van der Waals surface area (Å²) in [6.07, 6.45) is 0.698. The normalized spacial score (nSPS) is 13.2. The Morgan fingerprint density at radius 1 is 1.15 bits per heavy atom. The molecule has 0 saturated heterocycles. The molecule has 0 radical (unpaired) electrons. The molecule has 0 unspecified atom stereocenters. The van der Waals surface area contributed by atoms with Crippen LogP contribution in [0.5, 0.6) is 0 Å². The highest BCUT2D eigenvalue weighted by Gasteiger charge is 2.30. The molecule has 1 aromatic carbocycles. The van der Waals surface area contributed by atoms with Gasteiger partial charge < -0.3 is 28.7 Å². The highest BCUT2D eigenvalue weighted by atomic mass is 127. The fourth-order valence-corrected chi connectivity index (χ4v) is 5.23. The first-order chi connectivity index (χ1) is 11.4. The van der Waals surface area contributed by atoms with Crippen LogP contribution in [0.4, 0.5) is 0 Å². The Morgan fingerprint density at radius 2 is 1.69 bits per heavy atom. The number of benzene rings is 1. The summed E-state index contributed by atoms with van der Waals surface area (Å²) in [7, 11) is -4.95. The molecule has 0 aliphatic rings. The number of nitrogens with one attached hydrogen (secondary N) is 1. The van der Waals surface area contributed by atoms with Crippen LogP contribution in [0, 0.1) is 12.8 Å². The molecule has 0 aliphatic carbocycles.